The molecule has 1 aliphatic carbocycles. The SMILES string of the molecule is N[C@@H]1c2ccccc2OC[C@@H]2CCCC[C@@H]21. The number of para-hydroxylation sites is 1. The van der Waals surface area contributed by atoms with Crippen LogP contribution in [0.2, 0.25) is 0 Å². The largest absolute Gasteiger partial charge is 0.493 e. The smallest absolute Gasteiger partial charge is 0.124 e. The molecule has 1 aromatic carbocycles. The first-order valence-electron chi connectivity index (χ1n) is 6.33. The summed E-state index contributed by atoms with van der Waals surface area (Å²) in [7, 11) is 0. The van der Waals surface area contributed by atoms with Crippen molar-refractivity contribution in [2.24, 2.45) is 17.6 Å². The molecule has 1 heterocycles. The van der Waals surface area contributed by atoms with E-state index in [2.05, 4.69) is 12.1 Å². The molecule has 0 aromatic heterocycles. The number of benzene rings is 1. The lowest BCUT2D eigenvalue weighted by atomic mass is 9.74. The molecule has 3 atom stereocenters. The van der Waals surface area contributed by atoms with Gasteiger partial charge in [-0.3, -0.25) is 0 Å². The van der Waals surface area contributed by atoms with Gasteiger partial charge in [-0.1, -0.05) is 31.0 Å². The highest BCUT2D eigenvalue weighted by Gasteiger charge is 2.34. The van der Waals surface area contributed by atoms with Gasteiger partial charge >= 0.3 is 0 Å². The summed E-state index contributed by atoms with van der Waals surface area (Å²) in [5, 5.41) is 0. The Kier molecular flexibility index (Phi) is 2.60. The zero-order valence-corrected chi connectivity index (χ0v) is 9.56. The Morgan fingerprint density at radius 2 is 1.94 bits per heavy atom. The maximum atomic E-state index is 6.42. The molecule has 0 radical (unpaired) electrons. The third-order valence-electron chi connectivity index (χ3n) is 4.16. The molecular formula is C14H19NO. The summed E-state index contributed by atoms with van der Waals surface area (Å²) in [4.78, 5) is 0. The van der Waals surface area contributed by atoms with E-state index in [0.717, 1.165) is 12.4 Å². The minimum Gasteiger partial charge on any atom is -0.493 e. The molecule has 1 fully saturated rings. The zero-order valence-electron chi connectivity index (χ0n) is 9.56. The summed E-state index contributed by atoms with van der Waals surface area (Å²) in [5.41, 5.74) is 7.63. The number of ether oxygens (including phenoxy) is 1. The number of nitrogens with two attached hydrogens (primary N) is 1. The highest BCUT2D eigenvalue weighted by atomic mass is 16.5. The van der Waals surface area contributed by atoms with E-state index in [1.807, 2.05) is 12.1 Å². The van der Waals surface area contributed by atoms with Gasteiger partial charge < -0.3 is 10.5 Å². The Balaban J connectivity index is 1.96. The predicted molar refractivity (Wildman–Crippen MR) is 64.3 cm³/mol. The lowest BCUT2D eigenvalue weighted by molar-refractivity contribution is 0.148. The molecule has 1 saturated carbocycles. The second-order valence-corrected chi connectivity index (χ2v) is 5.08. The van der Waals surface area contributed by atoms with Crippen molar-refractivity contribution >= 4 is 0 Å². The minimum atomic E-state index is 0.170. The number of hydrogen-bond donors (Lipinski definition) is 1. The predicted octanol–water partition coefficient (Wildman–Crippen LogP) is 2.89. The standard InChI is InChI=1S/C14H19NO/c15-14-11-6-2-1-5-10(11)9-16-13-8-4-3-7-12(13)14/h3-4,7-8,10-11,14H,1-2,5-6,9,15H2/t10-,11-,14-/m0/s1. The van der Waals surface area contributed by atoms with Gasteiger partial charge in [-0.25, -0.2) is 0 Å². The lowest BCUT2D eigenvalue weighted by Crippen LogP contribution is -2.31. The molecule has 16 heavy (non-hydrogen) atoms. The first-order chi connectivity index (χ1) is 7.86. The van der Waals surface area contributed by atoms with E-state index < -0.39 is 0 Å². The fourth-order valence-electron chi connectivity index (χ4n) is 3.23. The van der Waals surface area contributed by atoms with E-state index in [0.29, 0.717) is 11.8 Å². The molecule has 86 valence electrons. The lowest BCUT2D eigenvalue weighted by Gasteiger charge is -2.32. The zero-order chi connectivity index (χ0) is 11.0. The van der Waals surface area contributed by atoms with Crippen LogP contribution in [0.15, 0.2) is 24.3 Å². The van der Waals surface area contributed by atoms with E-state index in [4.69, 9.17) is 10.5 Å². The fraction of sp³-hybridized carbons (Fsp3) is 0.571. The Morgan fingerprint density at radius 3 is 2.88 bits per heavy atom. The molecule has 0 unspecified atom stereocenters. The molecule has 0 spiro atoms. The van der Waals surface area contributed by atoms with E-state index in [1.165, 1.54) is 31.2 Å². The molecule has 0 amide bonds. The molecule has 1 aliphatic heterocycles. The van der Waals surface area contributed by atoms with Crippen LogP contribution < -0.4 is 10.5 Å². The van der Waals surface area contributed by atoms with Gasteiger partial charge in [0.25, 0.3) is 0 Å². The van der Waals surface area contributed by atoms with Gasteiger partial charge in [0.1, 0.15) is 5.75 Å². The summed E-state index contributed by atoms with van der Waals surface area (Å²) in [5.74, 6) is 2.29. The maximum absolute atomic E-state index is 6.42. The summed E-state index contributed by atoms with van der Waals surface area (Å²) < 4.78 is 5.91. The van der Waals surface area contributed by atoms with E-state index >= 15 is 0 Å². The van der Waals surface area contributed by atoms with Crippen LogP contribution in [0.4, 0.5) is 0 Å². The summed E-state index contributed by atoms with van der Waals surface area (Å²) in [6.45, 7) is 0.857. The first kappa shape index (κ1) is 10.2. The average molecular weight is 217 g/mol. The number of rotatable bonds is 0. The average Bonchev–Trinajstić information content (AvgIpc) is 2.49. The third kappa shape index (κ3) is 1.61. The molecule has 2 N–H and O–H groups in total. The molecule has 2 heteroatoms. The molecule has 0 bridgehead atoms. The van der Waals surface area contributed by atoms with Crippen LogP contribution in [0.3, 0.4) is 0 Å². The van der Waals surface area contributed by atoms with Gasteiger partial charge in [0.2, 0.25) is 0 Å². The van der Waals surface area contributed by atoms with Crippen molar-refractivity contribution in [2.45, 2.75) is 31.7 Å². The van der Waals surface area contributed by atoms with Crippen molar-refractivity contribution in [1.29, 1.82) is 0 Å². The Hall–Kier alpha value is -1.02. The monoisotopic (exact) mass is 217 g/mol. The van der Waals surface area contributed by atoms with E-state index in [-0.39, 0.29) is 6.04 Å². The van der Waals surface area contributed by atoms with Gasteiger partial charge in [-0.15, -0.1) is 0 Å². The van der Waals surface area contributed by atoms with Crippen molar-refractivity contribution in [2.75, 3.05) is 6.61 Å². The van der Waals surface area contributed by atoms with Crippen LogP contribution in [0.25, 0.3) is 0 Å². The third-order valence-corrected chi connectivity index (χ3v) is 4.16. The molecule has 2 nitrogen and oxygen atoms in total. The van der Waals surface area contributed by atoms with Crippen LogP contribution in [0.5, 0.6) is 5.75 Å². The molecular weight excluding hydrogens is 198 g/mol. The van der Waals surface area contributed by atoms with Crippen LogP contribution in [0, 0.1) is 11.8 Å². The summed E-state index contributed by atoms with van der Waals surface area (Å²) in [6, 6.07) is 8.43. The van der Waals surface area contributed by atoms with Crippen molar-refractivity contribution in [1.82, 2.24) is 0 Å². The van der Waals surface area contributed by atoms with Crippen LogP contribution in [-0.4, -0.2) is 6.61 Å². The van der Waals surface area contributed by atoms with E-state index in [1.54, 1.807) is 0 Å². The Morgan fingerprint density at radius 1 is 1.12 bits per heavy atom. The van der Waals surface area contributed by atoms with Gasteiger partial charge in [-0.2, -0.15) is 0 Å². The topological polar surface area (TPSA) is 35.2 Å². The molecule has 3 rings (SSSR count). The second kappa shape index (κ2) is 4.10. The van der Waals surface area contributed by atoms with Crippen molar-refractivity contribution < 1.29 is 4.74 Å². The van der Waals surface area contributed by atoms with E-state index in [9.17, 15) is 0 Å². The molecule has 0 saturated heterocycles. The van der Waals surface area contributed by atoms with Gasteiger partial charge in [0.05, 0.1) is 6.61 Å². The fourth-order valence-corrected chi connectivity index (χ4v) is 3.23. The Labute approximate surface area is 96.8 Å². The van der Waals surface area contributed by atoms with Gasteiger partial charge in [0.15, 0.2) is 0 Å². The van der Waals surface area contributed by atoms with Crippen molar-refractivity contribution in [3.8, 4) is 5.75 Å². The van der Waals surface area contributed by atoms with Crippen LogP contribution >= 0.6 is 0 Å². The highest BCUT2D eigenvalue weighted by molar-refractivity contribution is 5.37. The maximum Gasteiger partial charge on any atom is 0.124 e. The quantitative estimate of drug-likeness (QED) is 0.725. The first-order valence-corrected chi connectivity index (χ1v) is 6.33. The summed E-state index contributed by atoms with van der Waals surface area (Å²) in [6.07, 6.45) is 5.22. The van der Waals surface area contributed by atoms with Crippen LogP contribution in [-0.2, 0) is 0 Å². The molecule has 1 aromatic rings. The second-order valence-electron chi connectivity index (χ2n) is 5.08. The molecule has 2 aliphatic rings. The number of hydrogen-bond acceptors (Lipinski definition) is 2. The normalized spacial score (nSPS) is 33.2. The van der Waals surface area contributed by atoms with Gasteiger partial charge in [0, 0.05) is 11.6 Å². The van der Waals surface area contributed by atoms with Crippen LogP contribution in [0.1, 0.15) is 37.3 Å². The van der Waals surface area contributed by atoms with Gasteiger partial charge in [-0.05, 0) is 30.7 Å². The summed E-state index contributed by atoms with van der Waals surface area (Å²) >= 11 is 0. The number of fused-ring (bicyclic) bond motifs is 2. The highest BCUT2D eigenvalue weighted by Crippen LogP contribution is 2.42. The Bertz CT molecular complexity index is 377. The minimum absolute atomic E-state index is 0.170. The van der Waals surface area contributed by atoms with Crippen molar-refractivity contribution in [3.05, 3.63) is 29.8 Å². The van der Waals surface area contributed by atoms with Crippen molar-refractivity contribution in [3.63, 3.8) is 0 Å².